The highest BCUT2D eigenvalue weighted by atomic mass is 35.5. The predicted octanol–water partition coefficient (Wildman–Crippen LogP) is 5.18. The molecule has 8 nitrogen and oxygen atoms in total. The Bertz CT molecular complexity index is 1610. The van der Waals surface area contributed by atoms with Crippen molar-refractivity contribution in [2.75, 3.05) is 31.3 Å². The highest BCUT2D eigenvalue weighted by Gasteiger charge is 2.50. The highest BCUT2D eigenvalue weighted by Crippen LogP contribution is 2.43. The van der Waals surface area contributed by atoms with Crippen LogP contribution >= 0.6 is 34.5 Å². The number of nitrogens with zero attached hydrogens (tertiary/aromatic N) is 3. The molecule has 2 heterocycles. The fourth-order valence-corrected chi connectivity index (χ4v) is 7.20. The Kier molecular flexibility index (Phi) is 9.16. The van der Waals surface area contributed by atoms with Crippen LogP contribution in [0.25, 0.3) is 5.70 Å². The highest BCUT2D eigenvalue weighted by molar-refractivity contribution is 7.89. The second-order valence-corrected chi connectivity index (χ2v) is 13.6. The molecule has 1 aliphatic rings. The lowest BCUT2D eigenvalue weighted by molar-refractivity contribution is -0.110. The average Bonchev–Trinajstić information content (AvgIpc) is 3.52. The number of nitriles is 1. The average molecular weight is 631 g/mol. The van der Waals surface area contributed by atoms with Crippen LogP contribution in [0.3, 0.4) is 0 Å². The number of carbonyl (C=O) groups excluding carboxylic acids is 1. The van der Waals surface area contributed by atoms with Crippen molar-refractivity contribution in [1.29, 1.82) is 5.26 Å². The molecule has 41 heavy (non-hydrogen) atoms. The maximum Gasteiger partial charge on any atom is 0.229 e. The Hall–Kier alpha value is -3.33. The summed E-state index contributed by atoms with van der Waals surface area (Å²) in [5.74, 6) is -0.216. The summed E-state index contributed by atoms with van der Waals surface area (Å²) in [6.45, 7) is 9.84. The lowest BCUT2D eigenvalue weighted by atomic mass is 9.79. The molecule has 1 saturated heterocycles. The Morgan fingerprint density at radius 3 is 2.46 bits per heavy atom. The third-order valence-corrected chi connectivity index (χ3v) is 9.09. The van der Waals surface area contributed by atoms with Gasteiger partial charge in [0.05, 0.1) is 23.4 Å². The van der Waals surface area contributed by atoms with Crippen LogP contribution in [0.5, 0.6) is 0 Å². The minimum Gasteiger partial charge on any atom is -0.346 e. The molecule has 2 N–H and O–H groups in total. The zero-order valence-electron chi connectivity index (χ0n) is 22.5. The van der Waals surface area contributed by atoms with Gasteiger partial charge in [-0.05, 0) is 42.0 Å². The molecule has 1 aromatic heterocycles. The van der Waals surface area contributed by atoms with Crippen LogP contribution in [0.4, 0.5) is 5.69 Å². The molecule has 0 bridgehead atoms. The van der Waals surface area contributed by atoms with Gasteiger partial charge in [-0.25, -0.2) is 8.42 Å². The number of sulfonamides is 1. The van der Waals surface area contributed by atoms with Gasteiger partial charge in [-0.2, -0.15) is 5.26 Å². The maximum absolute atomic E-state index is 12.1. The first kappa shape index (κ1) is 30.6. The molecule has 0 saturated carbocycles. The van der Waals surface area contributed by atoms with Gasteiger partial charge in [0, 0.05) is 75.5 Å². The molecule has 0 spiro atoms. The van der Waals surface area contributed by atoms with Crippen molar-refractivity contribution in [1.82, 2.24) is 14.9 Å². The van der Waals surface area contributed by atoms with Gasteiger partial charge in [-0.3, -0.25) is 14.4 Å². The van der Waals surface area contributed by atoms with Gasteiger partial charge >= 0.3 is 0 Å². The monoisotopic (exact) mass is 629 g/mol. The van der Waals surface area contributed by atoms with Crippen molar-refractivity contribution in [3.8, 4) is 6.07 Å². The van der Waals surface area contributed by atoms with Crippen molar-refractivity contribution in [3.05, 3.63) is 104 Å². The fraction of sp³-hybridized carbons (Fsp3) is 0.241. The van der Waals surface area contributed by atoms with Crippen LogP contribution in [0, 0.1) is 11.3 Å². The molecular weight excluding hydrogens is 601 g/mol. The second-order valence-electron chi connectivity index (χ2n) is 9.98. The first-order valence-electron chi connectivity index (χ1n) is 12.4. The molecule has 2 aromatic carbocycles. The topological polar surface area (TPSA) is 106 Å². The van der Waals surface area contributed by atoms with Gasteiger partial charge in [-0.15, -0.1) is 11.3 Å². The van der Waals surface area contributed by atoms with Crippen LogP contribution in [0.1, 0.15) is 27.5 Å². The molecule has 1 fully saturated rings. The Labute approximate surface area is 254 Å². The van der Waals surface area contributed by atoms with E-state index in [9.17, 15) is 18.5 Å². The zero-order chi connectivity index (χ0) is 29.9. The van der Waals surface area contributed by atoms with E-state index in [0.29, 0.717) is 58.6 Å². The van der Waals surface area contributed by atoms with E-state index < -0.39 is 15.6 Å². The number of hydrogen-bond acceptors (Lipinski definition) is 7. The van der Waals surface area contributed by atoms with Gasteiger partial charge in [0.1, 0.15) is 0 Å². The molecule has 3 aromatic rings. The fourth-order valence-electron chi connectivity index (χ4n) is 5.18. The summed E-state index contributed by atoms with van der Waals surface area (Å²) in [4.78, 5) is 17.2. The summed E-state index contributed by atoms with van der Waals surface area (Å²) in [7, 11) is -1.59. The van der Waals surface area contributed by atoms with E-state index >= 15 is 0 Å². The quantitative estimate of drug-likeness (QED) is 0.283. The van der Waals surface area contributed by atoms with E-state index in [1.165, 1.54) is 11.3 Å². The number of benzene rings is 2. The summed E-state index contributed by atoms with van der Waals surface area (Å²) in [5.41, 5.74) is 2.92. The number of likely N-dealkylation sites (tertiary alicyclic amines) is 1. The number of anilines is 1. The van der Waals surface area contributed by atoms with Crippen LogP contribution in [0.2, 0.25) is 10.0 Å². The number of nitrogens with one attached hydrogen (secondary N) is 2. The van der Waals surface area contributed by atoms with E-state index in [2.05, 4.69) is 34.2 Å². The number of thiophene rings is 1. The zero-order valence-corrected chi connectivity index (χ0v) is 25.7. The maximum atomic E-state index is 12.1. The normalized spacial score (nSPS) is 18.9. The van der Waals surface area contributed by atoms with Crippen LogP contribution in [-0.2, 0) is 21.4 Å². The van der Waals surface area contributed by atoms with Crippen molar-refractivity contribution in [3.63, 3.8) is 0 Å². The molecule has 214 valence electrons. The molecule has 4 rings (SSSR count). The third-order valence-electron chi connectivity index (χ3n) is 7.11. The van der Waals surface area contributed by atoms with Crippen molar-refractivity contribution < 1.29 is 13.2 Å². The van der Waals surface area contributed by atoms with Crippen LogP contribution < -0.4 is 14.9 Å². The number of amides is 1. The summed E-state index contributed by atoms with van der Waals surface area (Å²) >= 11 is 14.1. The van der Waals surface area contributed by atoms with E-state index in [1.54, 1.807) is 30.3 Å². The summed E-state index contributed by atoms with van der Waals surface area (Å²) in [5, 5.41) is 15.2. The largest absolute Gasteiger partial charge is 0.346 e. The Balaban J connectivity index is 1.70. The van der Waals surface area contributed by atoms with E-state index in [-0.39, 0.29) is 5.92 Å². The number of likely N-dealkylation sites (N-methyl/N-ethyl adjacent to an activating group) is 1. The van der Waals surface area contributed by atoms with Crippen LogP contribution in [-0.4, -0.2) is 51.7 Å². The number of hydrogen-bond donors (Lipinski definition) is 2. The standard InChI is InChI=1S/C29H29Cl2N5O3S2/c1-19(34-41(4,38)39)23-9-27(40-16-23)14-36-15-28(22-7-5-21(13-32)6-8-22)29(17-36,33-18-37)20(2)35(3)26-11-24(30)10-25(31)12-26/h5-12,16,18,28,34H,1-2,14-15,17H2,3-4H3,(H,33,37)/t28?,29-/m0/s1. The third kappa shape index (κ3) is 6.94. The predicted molar refractivity (Wildman–Crippen MR) is 166 cm³/mol. The molecule has 0 aliphatic carbocycles. The number of rotatable bonds is 11. The Morgan fingerprint density at radius 1 is 1.22 bits per heavy atom. The van der Waals surface area contributed by atoms with Crippen molar-refractivity contribution in [2.24, 2.45) is 0 Å². The Morgan fingerprint density at radius 2 is 1.88 bits per heavy atom. The summed E-state index contributed by atoms with van der Waals surface area (Å²) in [6.07, 6.45) is 1.77. The molecule has 1 amide bonds. The van der Waals surface area contributed by atoms with Gasteiger partial charge in [-0.1, -0.05) is 48.5 Å². The van der Waals surface area contributed by atoms with Gasteiger partial charge in [0.25, 0.3) is 0 Å². The molecule has 0 radical (unpaired) electrons. The van der Waals surface area contributed by atoms with Gasteiger partial charge < -0.3 is 10.2 Å². The smallest absolute Gasteiger partial charge is 0.229 e. The lowest BCUT2D eigenvalue weighted by Gasteiger charge is -2.41. The number of halogens is 2. The van der Waals surface area contributed by atoms with E-state index in [4.69, 9.17) is 23.2 Å². The van der Waals surface area contributed by atoms with Crippen LogP contribution in [0.15, 0.2) is 72.8 Å². The molecule has 1 unspecified atom stereocenters. The first-order chi connectivity index (χ1) is 19.3. The molecule has 12 heteroatoms. The first-order valence-corrected chi connectivity index (χ1v) is 16.0. The number of carbonyl (C=O) groups is 1. The van der Waals surface area contributed by atoms with Crippen molar-refractivity contribution in [2.45, 2.75) is 18.0 Å². The molecule has 1 aliphatic heterocycles. The van der Waals surface area contributed by atoms with Crippen molar-refractivity contribution >= 4 is 62.4 Å². The SMILES string of the molecule is C=C(NS(C)(=O)=O)c1csc(CN2CC(c3ccc(C#N)cc3)[C@@](NC=O)(C(=C)N(C)c3cc(Cl)cc(Cl)c3)C2)c1. The minimum absolute atomic E-state index is 0.216. The second kappa shape index (κ2) is 12.3. The minimum atomic E-state index is -3.44. The molecular formula is C29H29Cl2N5O3S2. The van der Waals surface area contributed by atoms with E-state index in [1.807, 2.05) is 35.5 Å². The molecule has 2 atom stereocenters. The summed E-state index contributed by atoms with van der Waals surface area (Å²) < 4.78 is 25.7. The summed E-state index contributed by atoms with van der Waals surface area (Å²) in [6, 6.07) is 16.6. The van der Waals surface area contributed by atoms with Gasteiger partial charge in [0.15, 0.2) is 0 Å². The van der Waals surface area contributed by atoms with E-state index in [0.717, 1.165) is 22.4 Å². The van der Waals surface area contributed by atoms with Gasteiger partial charge in [0.2, 0.25) is 16.4 Å². The lowest BCUT2D eigenvalue weighted by Crippen LogP contribution is -2.55.